The number of carbonyl (C=O) groups is 1. The van der Waals surface area contributed by atoms with Crippen LogP contribution in [0.5, 0.6) is 0 Å². The van der Waals surface area contributed by atoms with Gasteiger partial charge in [-0.25, -0.2) is 9.37 Å². The molecule has 1 aromatic heterocycles. The van der Waals surface area contributed by atoms with Crippen LogP contribution in [0.1, 0.15) is 17.3 Å². The van der Waals surface area contributed by atoms with Gasteiger partial charge in [-0.15, -0.1) is 0 Å². The van der Waals surface area contributed by atoms with E-state index in [9.17, 15) is 14.0 Å². The summed E-state index contributed by atoms with van der Waals surface area (Å²) in [6.07, 6.45) is 0. The highest BCUT2D eigenvalue weighted by atomic mass is 32.2. The molecule has 4 nitrogen and oxygen atoms in total. The summed E-state index contributed by atoms with van der Waals surface area (Å²) in [6, 6.07) is 21.8. The van der Waals surface area contributed by atoms with Crippen LogP contribution in [0.15, 0.2) is 88.8 Å². The summed E-state index contributed by atoms with van der Waals surface area (Å²) in [6.45, 7) is 1.76. The van der Waals surface area contributed by atoms with Crippen molar-refractivity contribution in [3.05, 3.63) is 101 Å². The molecule has 0 radical (unpaired) electrons. The minimum Gasteiger partial charge on any atom is -0.293 e. The van der Waals surface area contributed by atoms with Gasteiger partial charge in [-0.3, -0.25) is 14.2 Å². The summed E-state index contributed by atoms with van der Waals surface area (Å²) < 4.78 is 14.7. The zero-order valence-electron chi connectivity index (χ0n) is 15.6. The molecule has 1 unspecified atom stereocenters. The fraction of sp³-hybridized carbons (Fsp3) is 0.0870. The first-order chi connectivity index (χ1) is 14.0. The zero-order valence-corrected chi connectivity index (χ0v) is 16.4. The Kier molecular flexibility index (Phi) is 5.27. The molecular weight excluding hydrogens is 387 g/mol. The highest BCUT2D eigenvalue weighted by molar-refractivity contribution is 8.00. The predicted molar refractivity (Wildman–Crippen MR) is 113 cm³/mol. The van der Waals surface area contributed by atoms with E-state index >= 15 is 0 Å². The number of para-hydroxylation sites is 2. The Labute approximate surface area is 171 Å². The standard InChI is InChI=1S/C23H17FN2O2S/c1-15(21(27)16-11-13-17(24)14-12-16)29-23-25-20-10-6-5-9-19(20)22(28)26(23)18-7-3-2-4-8-18/h2-15H,1H3. The zero-order chi connectivity index (χ0) is 20.4. The van der Waals surface area contributed by atoms with E-state index in [0.717, 1.165) is 0 Å². The molecule has 0 aliphatic heterocycles. The van der Waals surface area contributed by atoms with Crippen LogP contribution in [0.3, 0.4) is 0 Å². The van der Waals surface area contributed by atoms with Crippen LogP contribution in [0.2, 0.25) is 0 Å². The number of thioether (sulfide) groups is 1. The third kappa shape index (κ3) is 3.84. The van der Waals surface area contributed by atoms with Crippen LogP contribution in [0.25, 0.3) is 16.6 Å². The van der Waals surface area contributed by atoms with Crippen molar-refractivity contribution < 1.29 is 9.18 Å². The molecule has 1 heterocycles. The number of carbonyl (C=O) groups excluding carboxylic acids is 1. The Morgan fingerprint density at radius 1 is 0.966 bits per heavy atom. The lowest BCUT2D eigenvalue weighted by atomic mass is 10.1. The molecule has 29 heavy (non-hydrogen) atoms. The number of hydrogen-bond donors (Lipinski definition) is 0. The topological polar surface area (TPSA) is 52.0 Å². The van der Waals surface area contributed by atoms with E-state index < -0.39 is 11.1 Å². The van der Waals surface area contributed by atoms with Crippen LogP contribution in [-0.2, 0) is 0 Å². The second-order valence-corrected chi connectivity index (χ2v) is 7.83. The van der Waals surface area contributed by atoms with Crippen molar-refractivity contribution in [3.63, 3.8) is 0 Å². The Morgan fingerprint density at radius 2 is 1.62 bits per heavy atom. The number of rotatable bonds is 5. The van der Waals surface area contributed by atoms with Crippen LogP contribution in [0.4, 0.5) is 4.39 Å². The number of ketones is 1. The fourth-order valence-corrected chi connectivity index (χ4v) is 4.06. The van der Waals surface area contributed by atoms with Gasteiger partial charge in [0, 0.05) is 5.56 Å². The quantitative estimate of drug-likeness (QED) is 0.270. The van der Waals surface area contributed by atoms with Gasteiger partial charge in [0.1, 0.15) is 5.82 Å². The average Bonchev–Trinajstić information content (AvgIpc) is 2.74. The van der Waals surface area contributed by atoms with Crippen LogP contribution in [-0.4, -0.2) is 20.6 Å². The molecule has 0 saturated carbocycles. The first-order valence-corrected chi connectivity index (χ1v) is 9.96. The normalized spacial score (nSPS) is 12.1. The highest BCUT2D eigenvalue weighted by Crippen LogP contribution is 2.27. The molecule has 144 valence electrons. The van der Waals surface area contributed by atoms with Gasteiger partial charge in [0.05, 0.1) is 21.8 Å². The highest BCUT2D eigenvalue weighted by Gasteiger charge is 2.21. The largest absolute Gasteiger partial charge is 0.293 e. The van der Waals surface area contributed by atoms with Crippen molar-refractivity contribution in [2.75, 3.05) is 0 Å². The number of fused-ring (bicyclic) bond motifs is 1. The van der Waals surface area contributed by atoms with Gasteiger partial charge in [-0.1, -0.05) is 42.1 Å². The Bertz CT molecular complexity index is 1240. The number of nitrogens with zero attached hydrogens (tertiary/aromatic N) is 2. The van der Waals surface area contributed by atoms with E-state index in [1.807, 2.05) is 36.4 Å². The van der Waals surface area contributed by atoms with Crippen molar-refractivity contribution in [2.24, 2.45) is 0 Å². The summed E-state index contributed by atoms with van der Waals surface area (Å²) in [5, 5.41) is 0.435. The second-order valence-electron chi connectivity index (χ2n) is 6.52. The Morgan fingerprint density at radius 3 is 2.34 bits per heavy atom. The third-order valence-electron chi connectivity index (χ3n) is 4.54. The van der Waals surface area contributed by atoms with E-state index in [0.29, 0.717) is 27.3 Å². The number of halogens is 1. The molecule has 4 aromatic rings. The Hall–Kier alpha value is -3.25. The van der Waals surface area contributed by atoms with E-state index in [2.05, 4.69) is 4.98 Å². The van der Waals surface area contributed by atoms with Crippen molar-refractivity contribution in [2.45, 2.75) is 17.3 Å². The number of aromatic nitrogens is 2. The van der Waals surface area contributed by atoms with Gasteiger partial charge in [0.15, 0.2) is 10.9 Å². The smallest absolute Gasteiger partial charge is 0.266 e. The molecule has 0 amide bonds. The molecule has 4 rings (SSSR count). The van der Waals surface area contributed by atoms with Crippen LogP contribution < -0.4 is 5.56 Å². The van der Waals surface area contributed by atoms with Crippen molar-refractivity contribution in [1.29, 1.82) is 0 Å². The Balaban J connectivity index is 1.79. The minimum absolute atomic E-state index is 0.156. The first-order valence-electron chi connectivity index (χ1n) is 9.08. The average molecular weight is 404 g/mol. The molecule has 0 N–H and O–H groups in total. The fourth-order valence-electron chi connectivity index (χ4n) is 3.06. The maximum absolute atomic E-state index is 13.2. The maximum Gasteiger partial charge on any atom is 0.266 e. The van der Waals surface area contributed by atoms with E-state index in [1.54, 1.807) is 25.1 Å². The summed E-state index contributed by atoms with van der Waals surface area (Å²) >= 11 is 1.21. The van der Waals surface area contributed by atoms with E-state index in [-0.39, 0.29) is 11.3 Å². The number of hydrogen-bond acceptors (Lipinski definition) is 4. The molecule has 0 aliphatic rings. The molecule has 0 fully saturated rings. The monoisotopic (exact) mass is 404 g/mol. The van der Waals surface area contributed by atoms with Gasteiger partial charge in [-0.2, -0.15) is 0 Å². The van der Waals surface area contributed by atoms with Gasteiger partial charge in [-0.05, 0) is 55.5 Å². The van der Waals surface area contributed by atoms with Crippen molar-refractivity contribution in [3.8, 4) is 5.69 Å². The molecule has 0 bridgehead atoms. The molecule has 1 atom stereocenters. The first kappa shape index (κ1) is 19.1. The molecule has 0 aliphatic carbocycles. The molecular formula is C23H17FN2O2S. The summed E-state index contributed by atoms with van der Waals surface area (Å²) in [7, 11) is 0. The molecule has 0 saturated heterocycles. The lowest BCUT2D eigenvalue weighted by Crippen LogP contribution is -2.23. The van der Waals surface area contributed by atoms with Crippen LogP contribution >= 0.6 is 11.8 Å². The lowest BCUT2D eigenvalue weighted by molar-refractivity contribution is 0.0994. The maximum atomic E-state index is 13.2. The summed E-state index contributed by atoms with van der Waals surface area (Å²) in [5.41, 5.74) is 1.49. The lowest BCUT2D eigenvalue weighted by Gasteiger charge is -2.16. The molecule has 6 heteroatoms. The SMILES string of the molecule is CC(Sc1nc2ccccc2c(=O)n1-c1ccccc1)C(=O)c1ccc(F)cc1. The van der Waals surface area contributed by atoms with E-state index in [1.165, 1.54) is 40.6 Å². The van der Waals surface area contributed by atoms with Gasteiger partial charge >= 0.3 is 0 Å². The predicted octanol–water partition coefficient (Wildman–Crippen LogP) is 4.89. The number of benzene rings is 3. The van der Waals surface area contributed by atoms with Crippen LogP contribution in [0, 0.1) is 5.82 Å². The van der Waals surface area contributed by atoms with E-state index in [4.69, 9.17) is 0 Å². The van der Waals surface area contributed by atoms with Gasteiger partial charge in [0.25, 0.3) is 5.56 Å². The third-order valence-corrected chi connectivity index (χ3v) is 5.59. The van der Waals surface area contributed by atoms with Gasteiger partial charge < -0.3 is 0 Å². The summed E-state index contributed by atoms with van der Waals surface area (Å²) in [4.78, 5) is 30.6. The van der Waals surface area contributed by atoms with Crippen molar-refractivity contribution >= 4 is 28.4 Å². The number of Topliss-reactive ketones (excluding diaryl/α,β-unsaturated/α-hetero) is 1. The summed E-state index contributed by atoms with van der Waals surface area (Å²) in [5.74, 6) is -0.548. The van der Waals surface area contributed by atoms with Gasteiger partial charge in [0.2, 0.25) is 0 Å². The minimum atomic E-state index is -0.511. The molecule has 3 aromatic carbocycles. The second kappa shape index (κ2) is 8.01. The van der Waals surface area contributed by atoms with Crippen molar-refractivity contribution in [1.82, 2.24) is 9.55 Å². The molecule has 0 spiro atoms.